The van der Waals surface area contributed by atoms with E-state index >= 15 is 0 Å². The standard InChI is InChI=1S/C19H20N2O3S2/c1-2-21-18(22)16-15(13-6-4-3-5-7-13)11-25-17(16)20-19(21)26-10-14-8-9-23-12-24-14/h3-7,11,14H,2,8-10,12H2,1H3/t14-/m0/s1. The number of hydrogen-bond donors (Lipinski definition) is 0. The molecule has 26 heavy (non-hydrogen) atoms. The molecule has 0 spiro atoms. The highest BCUT2D eigenvalue weighted by molar-refractivity contribution is 7.99. The predicted octanol–water partition coefficient (Wildman–Crippen LogP) is 4.00. The van der Waals surface area contributed by atoms with E-state index in [2.05, 4.69) is 0 Å². The Hall–Kier alpha value is -1.67. The first kappa shape index (κ1) is 17.7. The van der Waals surface area contributed by atoms with Gasteiger partial charge in [-0.15, -0.1) is 11.3 Å². The number of benzene rings is 1. The molecule has 1 aliphatic heterocycles. The van der Waals surface area contributed by atoms with Gasteiger partial charge in [-0.2, -0.15) is 0 Å². The smallest absolute Gasteiger partial charge is 0.263 e. The van der Waals surface area contributed by atoms with E-state index in [-0.39, 0.29) is 11.7 Å². The second kappa shape index (κ2) is 7.92. The first-order valence-electron chi connectivity index (χ1n) is 8.67. The third-order valence-electron chi connectivity index (χ3n) is 4.43. The fraction of sp³-hybridized carbons (Fsp3) is 0.368. The van der Waals surface area contributed by atoms with Gasteiger partial charge in [-0.3, -0.25) is 9.36 Å². The fourth-order valence-electron chi connectivity index (χ4n) is 3.03. The van der Waals surface area contributed by atoms with Crippen molar-refractivity contribution in [2.45, 2.75) is 31.1 Å². The molecule has 5 nitrogen and oxygen atoms in total. The minimum Gasteiger partial charge on any atom is -0.355 e. The summed E-state index contributed by atoms with van der Waals surface area (Å²) in [6.45, 7) is 3.66. The fourth-order valence-corrected chi connectivity index (χ4v) is 5.14. The number of fused-ring (bicyclic) bond motifs is 1. The van der Waals surface area contributed by atoms with Crippen molar-refractivity contribution in [3.63, 3.8) is 0 Å². The molecule has 7 heteroatoms. The van der Waals surface area contributed by atoms with Crippen molar-refractivity contribution in [1.29, 1.82) is 0 Å². The highest BCUT2D eigenvalue weighted by Gasteiger charge is 2.19. The minimum absolute atomic E-state index is 0.0352. The van der Waals surface area contributed by atoms with Crippen molar-refractivity contribution in [2.75, 3.05) is 19.2 Å². The zero-order chi connectivity index (χ0) is 17.9. The van der Waals surface area contributed by atoms with Gasteiger partial charge < -0.3 is 9.47 Å². The Morgan fingerprint density at radius 3 is 2.92 bits per heavy atom. The summed E-state index contributed by atoms with van der Waals surface area (Å²) in [7, 11) is 0. The average Bonchev–Trinajstić information content (AvgIpc) is 3.12. The topological polar surface area (TPSA) is 53.4 Å². The Labute approximate surface area is 160 Å². The molecule has 0 N–H and O–H groups in total. The van der Waals surface area contributed by atoms with Crippen molar-refractivity contribution in [1.82, 2.24) is 9.55 Å². The molecule has 0 aliphatic carbocycles. The Kier molecular flexibility index (Phi) is 5.40. The molecule has 1 aromatic carbocycles. The van der Waals surface area contributed by atoms with E-state index in [1.54, 1.807) is 16.3 Å². The van der Waals surface area contributed by atoms with E-state index in [0.29, 0.717) is 13.3 Å². The van der Waals surface area contributed by atoms with Gasteiger partial charge in [-0.05, 0) is 18.9 Å². The van der Waals surface area contributed by atoms with Gasteiger partial charge in [-0.1, -0.05) is 42.1 Å². The monoisotopic (exact) mass is 388 g/mol. The van der Waals surface area contributed by atoms with Gasteiger partial charge in [0.05, 0.1) is 18.1 Å². The maximum absolute atomic E-state index is 13.2. The van der Waals surface area contributed by atoms with Crippen LogP contribution in [0.2, 0.25) is 0 Å². The van der Waals surface area contributed by atoms with E-state index in [1.165, 1.54) is 11.3 Å². The Bertz CT molecular complexity index is 947. The number of hydrogen-bond acceptors (Lipinski definition) is 6. The lowest BCUT2D eigenvalue weighted by atomic mass is 10.1. The summed E-state index contributed by atoms with van der Waals surface area (Å²) in [5.41, 5.74) is 2.05. The van der Waals surface area contributed by atoms with Crippen LogP contribution in [-0.2, 0) is 16.0 Å². The molecule has 2 aromatic heterocycles. The molecule has 1 atom stereocenters. The highest BCUT2D eigenvalue weighted by atomic mass is 32.2. The normalized spacial score (nSPS) is 17.7. The SMILES string of the molecule is CCn1c(SC[C@@H]2CCOCO2)nc2scc(-c3ccccc3)c2c1=O. The van der Waals surface area contributed by atoms with Crippen LogP contribution in [0.25, 0.3) is 21.3 Å². The maximum atomic E-state index is 13.2. The molecule has 0 radical (unpaired) electrons. The first-order chi connectivity index (χ1) is 12.8. The van der Waals surface area contributed by atoms with Gasteiger partial charge in [0.25, 0.3) is 5.56 Å². The molecular weight excluding hydrogens is 368 g/mol. The molecule has 1 saturated heterocycles. The molecule has 0 saturated carbocycles. The lowest BCUT2D eigenvalue weighted by Gasteiger charge is -2.22. The Balaban J connectivity index is 1.70. The molecule has 1 aliphatic rings. The third-order valence-corrected chi connectivity index (χ3v) is 6.41. The average molecular weight is 389 g/mol. The van der Waals surface area contributed by atoms with E-state index < -0.39 is 0 Å². The van der Waals surface area contributed by atoms with Crippen molar-refractivity contribution in [2.24, 2.45) is 0 Å². The maximum Gasteiger partial charge on any atom is 0.263 e. The van der Waals surface area contributed by atoms with Crippen LogP contribution >= 0.6 is 23.1 Å². The van der Waals surface area contributed by atoms with Crippen molar-refractivity contribution in [3.05, 3.63) is 46.1 Å². The van der Waals surface area contributed by atoms with Crippen LogP contribution < -0.4 is 5.56 Å². The second-order valence-electron chi connectivity index (χ2n) is 6.05. The molecule has 4 rings (SSSR count). The summed E-state index contributed by atoms with van der Waals surface area (Å²) >= 11 is 3.12. The number of rotatable bonds is 5. The Morgan fingerprint density at radius 2 is 2.19 bits per heavy atom. The molecule has 136 valence electrons. The minimum atomic E-state index is 0.0352. The van der Waals surface area contributed by atoms with E-state index in [0.717, 1.165) is 45.3 Å². The zero-order valence-electron chi connectivity index (χ0n) is 14.5. The lowest BCUT2D eigenvalue weighted by molar-refractivity contribution is -0.130. The third kappa shape index (κ3) is 3.44. The Morgan fingerprint density at radius 1 is 1.35 bits per heavy atom. The van der Waals surface area contributed by atoms with Gasteiger partial charge >= 0.3 is 0 Å². The molecule has 1 fully saturated rings. The van der Waals surface area contributed by atoms with E-state index in [1.807, 2.05) is 42.6 Å². The second-order valence-corrected chi connectivity index (χ2v) is 7.90. The first-order valence-corrected chi connectivity index (χ1v) is 10.5. The van der Waals surface area contributed by atoms with Gasteiger partial charge in [0.2, 0.25) is 0 Å². The number of ether oxygens (including phenoxy) is 2. The van der Waals surface area contributed by atoms with Crippen LogP contribution in [0.5, 0.6) is 0 Å². The molecule has 3 heterocycles. The number of thiophene rings is 1. The largest absolute Gasteiger partial charge is 0.355 e. The number of aromatic nitrogens is 2. The number of thioether (sulfide) groups is 1. The van der Waals surface area contributed by atoms with Crippen molar-refractivity contribution >= 4 is 33.3 Å². The van der Waals surface area contributed by atoms with Crippen LogP contribution in [0.1, 0.15) is 13.3 Å². The van der Waals surface area contributed by atoms with Crippen molar-refractivity contribution < 1.29 is 9.47 Å². The molecule has 0 bridgehead atoms. The van der Waals surface area contributed by atoms with E-state index in [4.69, 9.17) is 14.5 Å². The molecule has 0 unspecified atom stereocenters. The van der Waals surface area contributed by atoms with Gasteiger partial charge in [0, 0.05) is 23.2 Å². The highest BCUT2D eigenvalue weighted by Crippen LogP contribution is 2.32. The van der Waals surface area contributed by atoms with Crippen LogP contribution in [-0.4, -0.2) is 34.8 Å². The van der Waals surface area contributed by atoms with Gasteiger partial charge in [0.1, 0.15) is 11.6 Å². The summed E-state index contributed by atoms with van der Waals surface area (Å²) in [6, 6.07) is 10.0. The summed E-state index contributed by atoms with van der Waals surface area (Å²) in [4.78, 5) is 18.7. The predicted molar refractivity (Wildman–Crippen MR) is 106 cm³/mol. The van der Waals surface area contributed by atoms with Crippen molar-refractivity contribution in [3.8, 4) is 11.1 Å². The van der Waals surface area contributed by atoms with Crippen LogP contribution in [0.3, 0.4) is 0 Å². The summed E-state index contributed by atoms with van der Waals surface area (Å²) < 4.78 is 12.6. The lowest BCUT2D eigenvalue weighted by Crippen LogP contribution is -2.27. The van der Waals surface area contributed by atoms with Crippen LogP contribution in [0.15, 0.2) is 45.7 Å². The van der Waals surface area contributed by atoms with E-state index in [9.17, 15) is 4.79 Å². The van der Waals surface area contributed by atoms with Crippen LogP contribution in [0.4, 0.5) is 0 Å². The zero-order valence-corrected chi connectivity index (χ0v) is 16.1. The summed E-state index contributed by atoms with van der Waals surface area (Å²) in [6.07, 6.45) is 1.03. The summed E-state index contributed by atoms with van der Waals surface area (Å²) in [5.74, 6) is 0.776. The quantitative estimate of drug-likeness (QED) is 0.488. The molecule has 3 aromatic rings. The molecule has 0 amide bonds. The van der Waals surface area contributed by atoms with Gasteiger partial charge in [0.15, 0.2) is 5.16 Å². The van der Waals surface area contributed by atoms with Crippen LogP contribution in [0, 0.1) is 0 Å². The van der Waals surface area contributed by atoms with Gasteiger partial charge in [-0.25, -0.2) is 4.98 Å². The summed E-state index contributed by atoms with van der Waals surface area (Å²) in [5, 5.41) is 3.51. The molecular formula is C19H20N2O3S2. The number of nitrogens with zero attached hydrogens (tertiary/aromatic N) is 2.